The second-order valence-corrected chi connectivity index (χ2v) is 8.18. The number of nitrogens with one attached hydrogen (secondary N) is 1. The summed E-state index contributed by atoms with van der Waals surface area (Å²) >= 11 is 0. The van der Waals surface area contributed by atoms with E-state index in [1.807, 2.05) is 48.5 Å². The third kappa shape index (κ3) is 7.98. The molecule has 0 saturated heterocycles. The average Bonchev–Trinajstić information content (AvgIpc) is 2.79. The largest absolute Gasteiger partial charge is 0.492 e. The van der Waals surface area contributed by atoms with Crippen LogP contribution >= 0.6 is 0 Å². The first-order chi connectivity index (χ1) is 14.7. The summed E-state index contributed by atoms with van der Waals surface area (Å²) in [6.07, 6.45) is 5.97. The highest BCUT2D eigenvalue weighted by Gasteiger charge is 2.20. The van der Waals surface area contributed by atoms with Crippen LogP contribution in [0.1, 0.15) is 37.7 Å². The Balaban J connectivity index is 1.33. The molecular weight excluding hydrogens is 376 g/mol. The monoisotopic (exact) mass is 412 g/mol. The van der Waals surface area contributed by atoms with Gasteiger partial charge < -0.3 is 24.8 Å². The summed E-state index contributed by atoms with van der Waals surface area (Å²) in [5.74, 6) is 1.69. The van der Waals surface area contributed by atoms with Crippen molar-refractivity contribution >= 4 is 0 Å². The van der Waals surface area contributed by atoms with Crippen molar-refractivity contribution < 1.29 is 14.6 Å². The number of hydrogen-bond acceptors (Lipinski definition) is 5. The molecule has 1 aliphatic carbocycles. The van der Waals surface area contributed by atoms with Crippen molar-refractivity contribution in [2.24, 2.45) is 0 Å². The first-order valence-corrected chi connectivity index (χ1v) is 11.2. The van der Waals surface area contributed by atoms with E-state index < -0.39 is 6.10 Å². The Kier molecular flexibility index (Phi) is 9.48. The Morgan fingerprint density at radius 1 is 1.00 bits per heavy atom. The minimum Gasteiger partial charge on any atom is -0.492 e. The topological polar surface area (TPSA) is 54.0 Å². The Labute approximate surface area is 181 Å². The predicted octanol–water partition coefficient (Wildman–Crippen LogP) is 3.86. The molecule has 2 aromatic rings. The van der Waals surface area contributed by atoms with E-state index in [4.69, 9.17) is 9.47 Å². The fourth-order valence-corrected chi connectivity index (χ4v) is 3.98. The summed E-state index contributed by atoms with van der Waals surface area (Å²) in [6.45, 7) is 3.13. The van der Waals surface area contributed by atoms with Crippen LogP contribution in [0.4, 0.5) is 0 Å². The minimum absolute atomic E-state index is 0.318. The number of aliphatic hydroxyl groups is 1. The van der Waals surface area contributed by atoms with Crippen molar-refractivity contribution in [3.05, 3.63) is 60.2 Å². The maximum atomic E-state index is 10.4. The van der Waals surface area contributed by atoms with Crippen LogP contribution in [0, 0.1) is 0 Å². The molecule has 1 aliphatic rings. The van der Waals surface area contributed by atoms with Crippen LogP contribution in [0.5, 0.6) is 11.5 Å². The maximum Gasteiger partial charge on any atom is 0.119 e. The third-order valence-electron chi connectivity index (χ3n) is 5.66. The second kappa shape index (κ2) is 12.6. The summed E-state index contributed by atoms with van der Waals surface area (Å²) in [6, 6.07) is 18.5. The number of aliphatic hydroxyl groups excluding tert-OH is 1. The van der Waals surface area contributed by atoms with E-state index >= 15 is 0 Å². The van der Waals surface area contributed by atoms with Crippen LogP contribution in [0.25, 0.3) is 0 Å². The fourth-order valence-electron chi connectivity index (χ4n) is 3.98. The molecule has 0 aliphatic heterocycles. The van der Waals surface area contributed by atoms with E-state index in [2.05, 4.69) is 23.3 Å². The van der Waals surface area contributed by atoms with E-state index in [9.17, 15) is 5.11 Å². The molecular formula is C25H36N2O3. The van der Waals surface area contributed by atoms with Gasteiger partial charge in [-0.2, -0.15) is 0 Å². The molecule has 5 nitrogen and oxygen atoms in total. The molecule has 0 amide bonds. The molecule has 3 rings (SSSR count). The summed E-state index contributed by atoms with van der Waals surface area (Å²) < 4.78 is 11.5. The number of benzene rings is 2. The van der Waals surface area contributed by atoms with Gasteiger partial charge in [-0.3, -0.25) is 0 Å². The first-order valence-electron chi connectivity index (χ1n) is 11.2. The summed E-state index contributed by atoms with van der Waals surface area (Å²) in [5.41, 5.74) is 1.15. The van der Waals surface area contributed by atoms with Crippen molar-refractivity contribution in [1.29, 1.82) is 0 Å². The number of nitrogens with zero attached hydrogens (tertiary/aromatic N) is 1. The molecule has 1 unspecified atom stereocenters. The number of para-hydroxylation sites is 1. The van der Waals surface area contributed by atoms with Crippen molar-refractivity contribution in [2.75, 3.05) is 33.4 Å². The molecule has 2 aromatic carbocycles. The highest BCUT2D eigenvalue weighted by Crippen LogP contribution is 2.21. The number of hydrogen-bond donors (Lipinski definition) is 2. The van der Waals surface area contributed by atoms with Crippen LogP contribution in [0.15, 0.2) is 54.6 Å². The SMILES string of the molecule is CN(CC(O)COc1cccc(CNCCOc2ccccc2)c1)C1CCCCC1. The molecule has 1 atom stereocenters. The second-order valence-electron chi connectivity index (χ2n) is 8.18. The molecule has 0 aromatic heterocycles. The quantitative estimate of drug-likeness (QED) is 0.519. The molecule has 0 radical (unpaired) electrons. The minimum atomic E-state index is -0.478. The van der Waals surface area contributed by atoms with Crippen molar-refractivity contribution in [1.82, 2.24) is 10.2 Å². The van der Waals surface area contributed by atoms with Gasteiger partial charge in [-0.25, -0.2) is 0 Å². The Morgan fingerprint density at radius 2 is 1.77 bits per heavy atom. The van der Waals surface area contributed by atoms with Gasteiger partial charge in [0.05, 0.1) is 0 Å². The van der Waals surface area contributed by atoms with Gasteiger partial charge >= 0.3 is 0 Å². The van der Waals surface area contributed by atoms with Crippen LogP contribution in [-0.4, -0.2) is 55.5 Å². The van der Waals surface area contributed by atoms with Crippen molar-refractivity contribution in [2.45, 2.75) is 50.8 Å². The zero-order chi connectivity index (χ0) is 21.0. The van der Waals surface area contributed by atoms with E-state index in [-0.39, 0.29) is 0 Å². The highest BCUT2D eigenvalue weighted by atomic mass is 16.5. The molecule has 0 bridgehead atoms. The van der Waals surface area contributed by atoms with Crippen LogP contribution in [0.2, 0.25) is 0 Å². The van der Waals surface area contributed by atoms with Gasteiger partial charge in [0.1, 0.15) is 30.8 Å². The van der Waals surface area contributed by atoms with Crippen LogP contribution in [-0.2, 0) is 6.54 Å². The average molecular weight is 413 g/mol. The van der Waals surface area contributed by atoms with Crippen molar-refractivity contribution in [3.8, 4) is 11.5 Å². The lowest BCUT2D eigenvalue weighted by atomic mass is 9.94. The zero-order valence-electron chi connectivity index (χ0n) is 18.1. The predicted molar refractivity (Wildman–Crippen MR) is 121 cm³/mol. The van der Waals surface area contributed by atoms with Crippen LogP contribution < -0.4 is 14.8 Å². The lowest BCUT2D eigenvalue weighted by molar-refractivity contribution is 0.0561. The molecule has 0 heterocycles. The number of rotatable bonds is 12. The van der Waals surface area contributed by atoms with Gasteiger partial charge in [0.25, 0.3) is 0 Å². The smallest absolute Gasteiger partial charge is 0.119 e. The Bertz CT molecular complexity index is 719. The van der Waals surface area contributed by atoms with E-state index in [1.165, 1.54) is 32.1 Å². The molecule has 164 valence electrons. The van der Waals surface area contributed by atoms with Gasteiger partial charge in [0.15, 0.2) is 0 Å². The van der Waals surface area contributed by atoms with Gasteiger partial charge in [-0.1, -0.05) is 49.6 Å². The van der Waals surface area contributed by atoms with Crippen LogP contribution in [0.3, 0.4) is 0 Å². The summed E-state index contributed by atoms with van der Waals surface area (Å²) in [7, 11) is 2.12. The standard InChI is InChI=1S/C25H36N2O3/c1-27(22-10-4-2-5-11-22)19-23(28)20-30-25-14-8-9-21(17-25)18-26-15-16-29-24-12-6-3-7-13-24/h3,6-9,12-14,17,22-23,26,28H,2,4-5,10-11,15-16,18-20H2,1H3. The molecule has 30 heavy (non-hydrogen) atoms. The van der Waals surface area contributed by atoms with E-state index in [0.717, 1.165) is 30.2 Å². The highest BCUT2D eigenvalue weighted by molar-refractivity contribution is 5.28. The summed E-state index contributed by atoms with van der Waals surface area (Å²) in [4.78, 5) is 2.30. The third-order valence-corrected chi connectivity index (χ3v) is 5.66. The number of ether oxygens (including phenoxy) is 2. The van der Waals surface area contributed by atoms with Gasteiger partial charge in [0, 0.05) is 25.7 Å². The Hall–Kier alpha value is -2.08. The zero-order valence-corrected chi connectivity index (χ0v) is 18.1. The van der Waals surface area contributed by atoms with Crippen molar-refractivity contribution in [3.63, 3.8) is 0 Å². The molecule has 5 heteroatoms. The molecule has 1 fully saturated rings. The lowest BCUT2D eigenvalue weighted by Gasteiger charge is -2.32. The van der Waals surface area contributed by atoms with Gasteiger partial charge in [0.2, 0.25) is 0 Å². The van der Waals surface area contributed by atoms with Gasteiger partial charge in [-0.15, -0.1) is 0 Å². The number of likely N-dealkylation sites (N-methyl/N-ethyl adjacent to an activating group) is 1. The summed E-state index contributed by atoms with van der Waals surface area (Å²) in [5, 5.41) is 13.8. The molecule has 0 spiro atoms. The van der Waals surface area contributed by atoms with E-state index in [0.29, 0.717) is 25.8 Å². The molecule has 2 N–H and O–H groups in total. The lowest BCUT2D eigenvalue weighted by Crippen LogP contribution is -2.40. The first kappa shape index (κ1) is 22.6. The van der Waals surface area contributed by atoms with Gasteiger partial charge in [-0.05, 0) is 49.7 Å². The maximum absolute atomic E-state index is 10.4. The molecule has 1 saturated carbocycles. The fraction of sp³-hybridized carbons (Fsp3) is 0.520. The Morgan fingerprint density at radius 3 is 2.57 bits per heavy atom. The van der Waals surface area contributed by atoms with E-state index in [1.54, 1.807) is 0 Å². The normalized spacial score (nSPS) is 15.8.